The van der Waals surface area contributed by atoms with Crippen molar-refractivity contribution in [3.8, 4) is 22.5 Å². The maximum Gasteiger partial charge on any atom is 0.348 e. The molecule has 2 aliphatic rings. The zero-order chi connectivity index (χ0) is 24.8. The molecule has 1 aliphatic heterocycles. The largest absolute Gasteiger partial charge is 0.348 e. The minimum Gasteiger partial charge on any atom is -0.342 e. The van der Waals surface area contributed by atoms with Crippen molar-refractivity contribution < 1.29 is 13.6 Å². The van der Waals surface area contributed by atoms with Crippen molar-refractivity contribution in [1.82, 2.24) is 29.4 Å². The summed E-state index contributed by atoms with van der Waals surface area (Å²) in [4.78, 5) is 26.8. The number of rotatable bonds is 6. The molecule has 6 rings (SSSR count). The smallest absolute Gasteiger partial charge is 0.342 e. The van der Waals surface area contributed by atoms with Crippen molar-refractivity contribution in [3.05, 3.63) is 82.8 Å². The number of carbonyl (C=O) groups excluding carboxylic acids is 1. The predicted octanol–water partition coefficient (Wildman–Crippen LogP) is 3.49. The van der Waals surface area contributed by atoms with E-state index in [9.17, 15) is 14.0 Å². The van der Waals surface area contributed by atoms with E-state index in [0.29, 0.717) is 42.1 Å². The van der Waals surface area contributed by atoms with E-state index >= 15 is 4.39 Å². The van der Waals surface area contributed by atoms with Gasteiger partial charge < -0.3 is 4.90 Å². The lowest BCUT2D eigenvalue weighted by molar-refractivity contribution is -0.131. The number of hydrogen-bond donors (Lipinski definition) is 1. The van der Waals surface area contributed by atoms with Crippen LogP contribution in [0.2, 0.25) is 0 Å². The molecule has 1 aliphatic carbocycles. The van der Waals surface area contributed by atoms with E-state index in [1.54, 1.807) is 36.7 Å². The fourth-order valence-electron chi connectivity index (χ4n) is 4.91. The van der Waals surface area contributed by atoms with Gasteiger partial charge in [-0.25, -0.2) is 27.9 Å². The van der Waals surface area contributed by atoms with E-state index in [-0.39, 0.29) is 23.4 Å². The molecule has 2 aromatic heterocycles. The fourth-order valence-corrected chi connectivity index (χ4v) is 4.91. The lowest BCUT2D eigenvalue weighted by Crippen LogP contribution is -2.30. The summed E-state index contributed by atoms with van der Waals surface area (Å²) < 4.78 is 32.6. The van der Waals surface area contributed by atoms with Crippen molar-refractivity contribution in [3.63, 3.8) is 0 Å². The molecule has 1 amide bonds. The number of halogens is 2. The minimum atomic E-state index is -0.620. The summed E-state index contributed by atoms with van der Waals surface area (Å²) in [5, 5.41) is 10.6. The van der Waals surface area contributed by atoms with Gasteiger partial charge in [-0.15, -0.1) is 0 Å². The molecule has 2 aromatic carbocycles. The number of likely N-dealkylation sites (tertiary alicyclic amines) is 1. The summed E-state index contributed by atoms with van der Waals surface area (Å²) in [7, 11) is 0. The van der Waals surface area contributed by atoms with E-state index in [0.717, 1.165) is 19.3 Å². The standard InChI is InChI=1S/C26H24F2N6O2/c27-20-13-18(4-6-22(20)33-10-1-9-29-33)19-5-7-23(21(28)14-19)34-24(30-31-26(34)36)12-16-8-11-32(15-16)25(35)17-2-3-17/h1,4-7,9-10,13-14,16-17H,2-3,8,11-12,15H2,(H,31,36)/t16-/m0/s1. The fraction of sp³-hybridized carbons (Fsp3) is 0.308. The highest BCUT2D eigenvalue weighted by Crippen LogP contribution is 2.33. The highest BCUT2D eigenvalue weighted by molar-refractivity contribution is 5.81. The number of H-pyrrole nitrogens is 1. The first-order chi connectivity index (χ1) is 17.5. The second kappa shape index (κ2) is 8.85. The molecule has 3 heterocycles. The molecule has 1 saturated carbocycles. The van der Waals surface area contributed by atoms with E-state index in [1.165, 1.54) is 27.4 Å². The Labute approximate surface area is 205 Å². The van der Waals surface area contributed by atoms with Crippen molar-refractivity contribution in [2.45, 2.75) is 25.7 Å². The monoisotopic (exact) mass is 490 g/mol. The SMILES string of the molecule is O=C(C1CC1)N1CC[C@@H](Cc2n[nH]c(=O)n2-c2ccc(-c3ccc(-n4cccn4)c(F)c3)cc2F)C1. The van der Waals surface area contributed by atoms with Gasteiger partial charge in [0.15, 0.2) is 0 Å². The molecular weight excluding hydrogens is 466 g/mol. The molecular formula is C26H24F2N6O2. The van der Waals surface area contributed by atoms with Crippen LogP contribution in [0.15, 0.2) is 59.7 Å². The number of aromatic nitrogens is 5. The average Bonchev–Trinajstić information content (AvgIpc) is 3.22. The van der Waals surface area contributed by atoms with Crippen LogP contribution in [0.4, 0.5) is 8.78 Å². The van der Waals surface area contributed by atoms with Crippen LogP contribution in [0.1, 0.15) is 25.1 Å². The van der Waals surface area contributed by atoms with Crippen molar-refractivity contribution >= 4 is 5.91 Å². The molecule has 0 radical (unpaired) electrons. The highest BCUT2D eigenvalue weighted by atomic mass is 19.1. The van der Waals surface area contributed by atoms with Crippen LogP contribution in [0, 0.1) is 23.5 Å². The molecule has 36 heavy (non-hydrogen) atoms. The van der Waals surface area contributed by atoms with Gasteiger partial charge in [0.2, 0.25) is 5.91 Å². The molecule has 10 heteroatoms. The maximum absolute atomic E-state index is 15.3. The number of benzene rings is 2. The quantitative estimate of drug-likeness (QED) is 0.448. The van der Waals surface area contributed by atoms with E-state index < -0.39 is 17.3 Å². The summed E-state index contributed by atoms with van der Waals surface area (Å²) in [6.45, 7) is 1.32. The summed E-state index contributed by atoms with van der Waals surface area (Å²) in [6.07, 6.45) is 6.41. The molecule has 0 spiro atoms. The Bertz CT molecular complexity index is 1490. The molecule has 4 aromatic rings. The van der Waals surface area contributed by atoms with Gasteiger partial charge in [0, 0.05) is 37.8 Å². The van der Waals surface area contributed by atoms with Crippen LogP contribution in [0.3, 0.4) is 0 Å². The Kier molecular flexibility index (Phi) is 5.50. The van der Waals surface area contributed by atoms with Gasteiger partial charge in [0.25, 0.3) is 0 Å². The van der Waals surface area contributed by atoms with Gasteiger partial charge in [-0.2, -0.15) is 10.2 Å². The van der Waals surface area contributed by atoms with E-state index in [4.69, 9.17) is 0 Å². The number of hydrogen-bond acceptors (Lipinski definition) is 4. The Morgan fingerprint density at radius 3 is 2.39 bits per heavy atom. The Hall–Kier alpha value is -4.08. The topological polar surface area (TPSA) is 88.8 Å². The van der Waals surface area contributed by atoms with Crippen LogP contribution in [0.25, 0.3) is 22.5 Å². The summed E-state index contributed by atoms with van der Waals surface area (Å²) in [5.41, 5.74) is 0.810. The third-order valence-electron chi connectivity index (χ3n) is 6.96. The summed E-state index contributed by atoms with van der Waals surface area (Å²) in [6, 6.07) is 10.7. The van der Waals surface area contributed by atoms with Crippen LogP contribution in [0.5, 0.6) is 0 Å². The van der Waals surface area contributed by atoms with Crippen LogP contribution in [-0.2, 0) is 11.2 Å². The van der Waals surface area contributed by atoms with Gasteiger partial charge in [-0.3, -0.25) is 4.79 Å². The number of nitrogens with zero attached hydrogens (tertiary/aromatic N) is 5. The van der Waals surface area contributed by atoms with Crippen LogP contribution < -0.4 is 5.69 Å². The molecule has 0 bridgehead atoms. The molecule has 1 saturated heterocycles. The van der Waals surface area contributed by atoms with Crippen LogP contribution >= 0.6 is 0 Å². The first kappa shape index (κ1) is 22.4. The Morgan fingerprint density at radius 1 is 1.03 bits per heavy atom. The lowest BCUT2D eigenvalue weighted by Gasteiger charge is -2.16. The average molecular weight is 491 g/mol. The van der Waals surface area contributed by atoms with Crippen molar-refractivity contribution in [1.29, 1.82) is 0 Å². The highest BCUT2D eigenvalue weighted by Gasteiger charge is 2.37. The van der Waals surface area contributed by atoms with Gasteiger partial charge in [-0.05, 0) is 66.6 Å². The van der Waals surface area contributed by atoms with Gasteiger partial charge in [0.1, 0.15) is 23.1 Å². The lowest BCUT2D eigenvalue weighted by atomic mass is 10.0. The zero-order valence-electron chi connectivity index (χ0n) is 19.4. The number of nitrogens with one attached hydrogen (secondary N) is 1. The Morgan fingerprint density at radius 2 is 1.75 bits per heavy atom. The number of aromatic amines is 1. The van der Waals surface area contributed by atoms with Crippen LogP contribution in [-0.4, -0.2) is 48.4 Å². The maximum atomic E-state index is 15.3. The third kappa shape index (κ3) is 4.12. The zero-order valence-corrected chi connectivity index (χ0v) is 19.4. The van der Waals surface area contributed by atoms with Gasteiger partial charge >= 0.3 is 5.69 Å². The number of amides is 1. The molecule has 0 unspecified atom stereocenters. The normalized spacial score (nSPS) is 17.6. The molecule has 2 fully saturated rings. The van der Waals surface area contributed by atoms with Gasteiger partial charge in [-0.1, -0.05) is 12.1 Å². The Balaban J connectivity index is 1.24. The van der Waals surface area contributed by atoms with E-state index in [1.807, 2.05) is 4.90 Å². The number of carbonyl (C=O) groups is 1. The second-order valence-corrected chi connectivity index (χ2v) is 9.48. The molecule has 1 atom stereocenters. The summed E-state index contributed by atoms with van der Waals surface area (Å²) in [5.74, 6) is -0.138. The van der Waals surface area contributed by atoms with E-state index in [2.05, 4.69) is 15.3 Å². The summed E-state index contributed by atoms with van der Waals surface area (Å²) >= 11 is 0. The molecule has 8 nitrogen and oxygen atoms in total. The molecule has 184 valence electrons. The van der Waals surface area contributed by atoms with Crippen molar-refractivity contribution in [2.24, 2.45) is 11.8 Å². The first-order valence-corrected chi connectivity index (χ1v) is 12.0. The molecule has 1 N–H and O–H groups in total. The van der Waals surface area contributed by atoms with Gasteiger partial charge in [0.05, 0.1) is 5.69 Å². The predicted molar refractivity (Wildman–Crippen MR) is 128 cm³/mol. The third-order valence-corrected chi connectivity index (χ3v) is 6.96. The minimum absolute atomic E-state index is 0.0741. The first-order valence-electron chi connectivity index (χ1n) is 12.0. The van der Waals surface area contributed by atoms with Crippen molar-refractivity contribution in [2.75, 3.05) is 13.1 Å². The second-order valence-electron chi connectivity index (χ2n) is 9.48.